The van der Waals surface area contributed by atoms with Gasteiger partial charge < -0.3 is 10.1 Å². The molecule has 0 radical (unpaired) electrons. The fourth-order valence-corrected chi connectivity index (χ4v) is 3.23. The number of likely N-dealkylation sites (tertiary alicyclic amines) is 1. The zero-order valence-electron chi connectivity index (χ0n) is 14.1. The minimum atomic E-state index is -0.244. The minimum Gasteiger partial charge on any atom is -0.496 e. The minimum absolute atomic E-state index is 0.141. The van der Waals surface area contributed by atoms with Crippen molar-refractivity contribution in [3.63, 3.8) is 0 Å². The van der Waals surface area contributed by atoms with Crippen molar-refractivity contribution in [1.29, 1.82) is 0 Å². The first-order chi connectivity index (χ1) is 12.5. The fourth-order valence-electron chi connectivity index (χ4n) is 2.69. The average molecular weight is 417 g/mol. The molecule has 0 bridgehead atoms. The molecule has 2 aromatic rings. The largest absolute Gasteiger partial charge is 0.496 e. The van der Waals surface area contributed by atoms with E-state index >= 15 is 0 Å². The molecule has 0 aliphatic carbocycles. The Kier molecular flexibility index (Phi) is 5.37. The van der Waals surface area contributed by atoms with Gasteiger partial charge >= 0.3 is 0 Å². The second-order valence-corrected chi connectivity index (χ2v) is 6.73. The summed E-state index contributed by atoms with van der Waals surface area (Å²) in [5.74, 6) is 0.123. The second kappa shape index (κ2) is 7.70. The molecular weight excluding hydrogens is 400 g/mol. The number of halogens is 1. The van der Waals surface area contributed by atoms with E-state index in [4.69, 9.17) is 4.74 Å². The molecule has 1 heterocycles. The summed E-state index contributed by atoms with van der Waals surface area (Å²) in [7, 11) is 1.56. The summed E-state index contributed by atoms with van der Waals surface area (Å²) < 4.78 is 5.85. The predicted molar refractivity (Wildman–Crippen MR) is 99.9 cm³/mol. The topological polar surface area (TPSA) is 75.7 Å². The first kappa shape index (κ1) is 18.1. The highest BCUT2D eigenvalue weighted by Gasteiger charge is 2.28. The van der Waals surface area contributed by atoms with Gasteiger partial charge in [0, 0.05) is 24.1 Å². The normalized spacial score (nSPS) is 13.8. The molecule has 0 unspecified atom stereocenters. The molecule has 1 N–H and O–H groups in total. The molecule has 6 nitrogen and oxygen atoms in total. The van der Waals surface area contributed by atoms with Gasteiger partial charge in [0.1, 0.15) is 5.75 Å². The van der Waals surface area contributed by atoms with Gasteiger partial charge in [0.2, 0.25) is 11.8 Å². The molecule has 134 valence electrons. The van der Waals surface area contributed by atoms with Crippen LogP contribution in [0.3, 0.4) is 0 Å². The quantitative estimate of drug-likeness (QED) is 0.758. The molecule has 7 heteroatoms. The summed E-state index contributed by atoms with van der Waals surface area (Å²) in [6.45, 7) is 0.261. The number of hydrogen-bond donors (Lipinski definition) is 1. The standard InChI is InChI=1S/C19H17BrN2O4/c1-26-16-7-4-13(10-15(16)20)19(25)21-14-5-2-12(3-6-14)11-22-17(23)8-9-18(22)24/h2-7,10H,8-9,11H2,1H3,(H,21,25). The Morgan fingerprint density at radius 1 is 1.12 bits per heavy atom. The number of nitrogens with zero attached hydrogens (tertiary/aromatic N) is 1. The van der Waals surface area contributed by atoms with Crippen LogP contribution in [0.1, 0.15) is 28.8 Å². The molecule has 0 aromatic heterocycles. The van der Waals surface area contributed by atoms with Crippen LogP contribution in [-0.2, 0) is 16.1 Å². The van der Waals surface area contributed by atoms with Crippen molar-refractivity contribution in [2.45, 2.75) is 19.4 Å². The van der Waals surface area contributed by atoms with Gasteiger partial charge in [-0.05, 0) is 51.8 Å². The Labute approximate surface area is 159 Å². The number of methoxy groups -OCH3 is 1. The fraction of sp³-hybridized carbons (Fsp3) is 0.211. The number of ether oxygens (including phenoxy) is 1. The summed E-state index contributed by atoms with van der Waals surface area (Å²) in [4.78, 5) is 36.9. The third kappa shape index (κ3) is 3.94. The number of hydrogen-bond acceptors (Lipinski definition) is 4. The molecule has 3 rings (SSSR count). The molecular formula is C19H17BrN2O4. The number of carbonyl (C=O) groups excluding carboxylic acids is 3. The summed E-state index contributed by atoms with van der Waals surface area (Å²) in [6.07, 6.45) is 0.564. The molecule has 2 aromatic carbocycles. The monoisotopic (exact) mass is 416 g/mol. The van der Waals surface area contributed by atoms with Crippen molar-refractivity contribution >= 4 is 39.3 Å². The van der Waals surface area contributed by atoms with E-state index in [1.807, 2.05) is 0 Å². The smallest absolute Gasteiger partial charge is 0.255 e. The van der Waals surface area contributed by atoms with Gasteiger partial charge in [0.15, 0.2) is 0 Å². The maximum atomic E-state index is 12.3. The van der Waals surface area contributed by atoms with Crippen molar-refractivity contribution in [1.82, 2.24) is 4.90 Å². The van der Waals surface area contributed by atoms with Gasteiger partial charge in [0.05, 0.1) is 18.1 Å². The maximum Gasteiger partial charge on any atom is 0.255 e. The number of carbonyl (C=O) groups is 3. The van der Waals surface area contributed by atoms with Crippen LogP contribution in [0.4, 0.5) is 5.69 Å². The lowest BCUT2D eigenvalue weighted by Crippen LogP contribution is -2.28. The summed E-state index contributed by atoms with van der Waals surface area (Å²) in [6, 6.07) is 12.2. The number of rotatable bonds is 5. The first-order valence-electron chi connectivity index (χ1n) is 8.05. The van der Waals surface area contributed by atoms with Crippen molar-refractivity contribution in [3.05, 3.63) is 58.1 Å². The molecule has 0 spiro atoms. The summed E-state index contributed by atoms with van der Waals surface area (Å²) in [5, 5.41) is 2.81. The molecule has 1 saturated heterocycles. The first-order valence-corrected chi connectivity index (χ1v) is 8.84. The predicted octanol–water partition coefficient (Wildman–Crippen LogP) is 3.36. The van der Waals surface area contributed by atoms with Gasteiger partial charge in [-0.25, -0.2) is 0 Å². The third-order valence-electron chi connectivity index (χ3n) is 4.12. The zero-order valence-corrected chi connectivity index (χ0v) is 15.7. The zero-order chi connectivity index (χ0) is 18.7. The van der Waals surface area contributed by atoms with Crippen LogP contribution >= 0.6 is 15.9 Å². The molecule has 1 aliphatic heterocycles. The SMILES string of the molecule is COc1ccc(C(=O)Nc2ccc(CN3C(=O)CCC3=O)cc2)cc1Br. The molecule has 0 saturated carbocycles. The maximum absolute atomic E-state index is 12.3. The lowest BCUT2D eigenvalue weighted by atomic mass is 10.1. The molecule has 26 heavy (non-hydrogen) atoms. The lowest BCUT2D eigenvalue weighted by molar-refractivity contribution is -0.139. The van der Waals surface area contributed by atoms with E-state index in [1.54, 1.807) is 49.6 Å². The summed E-state index contributed by atoms with van der Waals surface area (Å²) >= 11 is 3.36. The molecule has 1 aliphatic rings. The summed E-state index contributed by atoms with van der Waals surface area (Å²) in [5.41, 5.74) is 1.96. The van der Waals surface area contributed by atoms with Crippen LogP contribution in [0.2, 0.25) is 0 Å². The van der Waals surface area contributed by atoms with Crippen LogP contribution < -0.4 is 10.1 Å². The molecule has 1 fully saturated rings. The van der Waals surface area contributed by atoms with Gasteiger partial charge in [-0.3, -0.25) is 19.3 Å². The second-order valence-electron chi connectivity index (χ2n) is 5.87. The Morgan fingerprint density at radius 2 is 1.77 bits per heavy atom. The number of anilines is 1. The highest BCUT2D eigenvalue weighted by atomic mass is 79.9. The van der Waals surface area contributed by atoms with E-state index in [-0.39, 0.29) is 37.1 Å². The van der Waals surface area contributed by atoms with Crippen molar-refractivity contribution in [3.8, 4) is 5.75 Å². The van der Waals surface area contributed by atoms with E-state index in [0.717, 1.165) is 5.56 Å². The highest BCUT2D eigenvalue weighted by Crippen LogP contribution is 2.26. The average Bonchev–Trinajstić information content (AvgIpc) is 2.95. The number of amides is 3. The van der Waals surface area contributed by atoms with E-state index in [0.29, 0.717) is 21.5 Å². The third-order valence-corrected chi connectivity index (χ3v) is 4.74. The Morgan fingerprint density at radius 3 is 2.35 bits per heavy atom. The van der Waals surface area contributed by atoms with Crippen molar-refractivity contribution < 1.29 is 19.1 Å². The Balaban J connectivity index is 1.65. The van der Waals surface area contributed by atoms with Crippen LogP contribution in [0.25, 0.3) is 0 Å². The van der Waals surface area contributed by atoms with Gasteiger partial charge in [-0.15, -0.1) is 0 Å². The van der Waals surface area contributed by atoms with Crippen LogP contribution in [0, 0.1) is 0 Å². The van der Waals surface area contributed by atoms with Crippen LogP contribution in [0.15, 0.2) is 46.9 Å². The number of nitrogens with one attached hydrogen (secondary N) is 1. The molecule has 3 amide bonds. The van der Waals surface area contributed by atoms with Crippen LogP contribution in [0.5, 0.6) is 5.75 Å². The van der Waals surface area contributed by atoms with E-state index in [9.17, 15) is 14.4 Å². The van der Waals surface area contributed by atoms with E-state index in [2.05, 4.69) is 21.2 Å². The number of imide groups is 1. The highest BCUT2D eigenvalue weighted by molar-refractivity contribution is 9.10. The molecule has 0 atom stereocenters. The Bertz CT molecular complexity index is 848. The van der Waals surface area contributed by atoms with Gasteiger partial charge in [-0.1, -0.05) is 12.1 Å². The van der Waals surface area contributed by atoms with E-state index in [1.165, 1.54) is 4.90 Å². The van der Waals surface area contributed by atoms with Crippen LogP contribution in [-0.4, -0.2) is 29.7 Å². The van der Waals surface area contributed by atoms with Gasteiger partial charge in [0.25, 0.3) is 5.91 Å². The van der Waals surface area contributed by atoms with Crippen molar-refractivity contribution in [2.24, 2.45) is 0 Å². The Hall–Kier alpha value is -2.67. The van der Waals surface area contributed by atoms with E-state index < -0.39 is 0 Å². The number of benzene rings is 2. The van der Waals surface area contributed by atoms with Gasteiger partial charge in [-0.2, -0.15) is 0 Å². The van der Waals surface area contributed by atoms with Crippen molar-refractivity contribution in [2.75, 3.05) is 12.4 Å². The lowest BCUT2D eigenvalue weighted by Gasteiger charge is -2.14.